The molecule has 86 valence electrons. The maximum Gasteiger partial charge on any atom is 0.272 e. The van der Waals surface area contributed by atoms with Crippen molar-refractivity contribution in [1.29, 1.82) is 0 Å². The van der Waals surface area contributed by atoms with Gasteiger partial charge in [-0.15, -0.1) is 0 Å². The van der Waals surface area contributed by atoms with E-state index in [0.29, 0.717) is 12.2 Å². The van der Waals surface area contributed by atoms with E-state index >= 15 is 0 Å². The second-order valence-electron chi connectivity index (χ2n) is 4.35. The van der Waals surface area contributed by atoms with E-state index in [0.717, 1.165) is 18.4 Å². The van der Waals surface area contributed by atoms with Crippen molar-refractivity contribution < 1.29 is 9.76 Å². The number of rotatable bonds is 4. The summed E-state index contributed by atoms with van der Waals surface area (Å²) in [6, 6.07) is 5.22. The van der Waals surface area contributed by atoms with Crippen LogP contribution in [0, 0.1) is 17.0 Å². The van der Waals surface area contributed by atoms with Crippen LogP contribution in [0.1, 0.15) is 24.0 Å². The first-order chi connectivity index (χ1) is 7.59. The van der Waals surface area contributed by atoms with Crippen molar-refractivity contribution in [3.05, 3.63) is 39.4 Å². The summed E-state index contributed by atoms with van der Waals surface area (Å²) >= 11 is 0. The predicted molar refractivity (Wildman–Crippen MR) is 58.9 cm³/mol. The number of hydrogen-bond donors (Lipinski definition) is 1. The van der Waals surface area contributed by atoms with Crippen LogP contribution >= 0.6 is 0 Å². The number of nitro benzene ring substituents is 1. The van der Waals surface area contributed by atoms with Gasteiger partial charge < -0.3 is 4.84 Å². The largest absolute Gasteiger partial charge is 0.304 e. The zero-order valence-electron chi connectivity index (χ0n) is 9.10. The third-order valence-electron chi connectivity index (χ3n) is 3.22. The molecule has 0 saturated heterocycles. The molecule has 1 aromatic rings. The zero-order valence-corrected chi connectivity index (χ0v) is 9.10. The van der Waals surface area contributed by atoms with E-state index in [1.807, 2.05) is 6.07 Å². The van der Waals surface area contributed by atoms with Crippen molar-refractivity contribution in [2.75, 3.05) is 6.61 Å². The van der Waals surface area contributed by atoms with Gasteiger partial charge in [-0.1, -0.05) is 6.07 Å². The number of benzene rings is 1. The van der Waals surface area contributed by atoms with Crippen LogP contribution in [0.25, 0.3) is 0 Å². The van der Waals surface area contributed by atoms with E-state index < -0.39 is 0 Å². The summed E-state index contributed by atoms with van der Waals surface area (Å²) < 4.78 is 0. The molecule has 2 rings (SSSR count). The van der Waals surface area contributed by atoms with Crippen LogP contribution in [0.5, 0.6) is 0 Å². The molecular formula is C11H14N2O3. The molecule has 1 saturated carbocycles. The van der Waals surface area contributed by atoms with Gasteiger partial charge in [0.05, 0.1) is 11.5 Å². The first-order valence-corrected chi connectivity index (χ1v) is 5.16. The number of nitrogens with two attached hydrogens (primary N) is 1. The van der Waals surface area contributed by atoms with Gasteiger partial charge >= 0.3 is 0 Å². The molecule has 1 aromatic carbocycles. The van der Waals surface area contributed by atoms with E-state index in [1.165, 1.54) is 0 Å². The fraction of sp³-hybridized carbons (Fsp3) is 0.455. The molecule has 0 bridgehead atoms. The first-order valence-electron chi connectivity index (χ1n) is 5.16. The number of nitro groups is 1. The van der Waals surface area contributed by atoms with Crippen molar-refractivity contribution in [1.82, 2.24) is 0 Å². The van der Waals surface area contributed by atoms with Crippen LogP contribution in [0.3, 0.4) is 0 Å². The van der Waals surface area contributed by atoms with Crippen LogP contribution in [0.4, 0.5) is 5.69 Å². The molecule has 2 N–H and O–H groups in total. The molecule has 0 radical (unpaired) electrons. The van der Waals surface area contributed by atoms with Gasteiger partial charge in [-0.25, -0.2) is 5.90 Å². The summed E-state index contributed by atoms with van der Waals surface area (Å²) in [4.78, 5) is 15.0. The van der Waals surface area contributed by atoms with Gasteiger partial charge in [0, 0.05) is 17.0 Å². The Morgan fingerprint density at radius 1 is 1.56 bits per heavy atom. The molecule has 16 heavy (non-hydrogen) atoms. The molecule has 0 aromatic heterocycles. The Morgan fingerprint density at radius 2 is 2.25 bits per heavy atom. The lowest BCUT2D eigenvalue weighted by Gasteiger charge is -2.14. The summed E-state index contributed by atoms with van der Waals surface area (Å²) in [6.07, 6.45) is 2.06. The summed E-state index contributed by atoms with van der Waals surface area (Å²) in [5.74, 6) is 5.10. The molecule has 0 atom stereocenters. The highest BCUT2D eigenvalue weighted by Crippen LogP contribution is 2.48. The topological polar surface area (TPSA) is 78.4 Å². The van der Waals surface area contributed by atoms with Crippen molar-refractivity contribution in [2.24, 2.45) is 5.90 Å². The Labute approximate surface area is 93.3 Å². The number of nitrogens with zero attached hydrogens (tertiary/aromatic N) is 1. The maximum absolute atomic E-state index is 10.7. The maximum atomic E-state index is 10.7. The second kappa shape index (κ2) is 3.84. The van der Waals surface area contributed by atoms with Gasteiger partial charge in [-0.05, 0) is 31.4 Å². The van der Waals surface area contributed by atoms with Crippen LogP contribution in [-0.2, 0) is 10.3 Å². The molecule has 0 aliphatic heterocycles. The molecule has 1 fully saturated rings. The van der Waals surface area contributed by atoms with Crippen LogP contribution in [-0.4, -0.2) is 11.5 Å². The Balaban J connectivity index is 2.31. The molecule has 5 nitrogen and oxygen atoms in total. The zero-order chi connectivity index (χ0) is 11.8. The van der Waals surface area contributed by atoms with Crippen molar-refractivity contribution in [2.45, 2.75) is 25.2 Å². The van der Waals surface area contributed by atoms with Gasteiger partial charge in [-0.2, -0.15) is 0 Å². The predicted octanol–water partition coefficient (Wildman–Crippen LogP) is 1.83. The Kier molecular flexibility index (Phi) is 2.65. The SMILES string of the molecule is Cc1cc(C2(CON)CC2)ccc1[N+](=O)[O-]. The van der Waals surface area contributed by atoms with Gasteiger partial charge in [0.2, 0.25) is 0 Å². The minimum atomic E-state index is -0.363. The highest BCUT2D eigenvalue weighted by atomic mass is 16.6. The number of hydrogen-bond acceptors (Lipinski definition) is 4. The smallest absolute Gasteiger partial charge is 0.272 e. The minimum Gasteiger partial charge on any atom is -0.304 e. The van der Waals surface area contributed by atoms with E-state index in [-0.39, 0.29) is 16.0 Å². The normalized spacial score (nSPS) is 17.1. The van der Waals surface area contributed by atoms with E-state index in [1.54, 1.807) is 19.1 Å². The highest BCUT2D eigenvalue weighted by Gasteiger charge is 2.44. The monoisotopic (exact) mass is 222 g/mol. The summed E-state index contributed by atoms with van der Waals surface area (Å²) in [5, 5.41) is 10.7. The molecule has 0 spiro atoms. The second-order valence-corrected chi connectivity index (χ2v) is 4.35. The third-order valence-corrected chi connectivity index (χ3v) is 3.22. The minimum absolute atomic E-state index is 0.00532. The Bertz CT molecular complexity index is 427. The van der Waals surface area contributed by atoms with Crippen molar-refractivity contribution >= 4 is 5.69 Å². The summed E-state index contributed by atoms with van der Waals surface area (Å²) in [7, 11) is 0. The lowest BCUT2D eigenvalue weighted by atomic mass is 9.95. The van der Waals surface area contributed by atoms with Crippen LogP contribution in [0.2, 0.25) is 0 Å². The molecule has 0 amide bonds. The van der Waals surface area contributed by atoms with E-state index in [9.17, 15) is 10.1 Å². The fourth-order valence-corrected chi connectivity index (χ4v) is 2.02. The average molecular weight is 222 g/mol. The molecule has 0 unspecified atom stereocenters. The molecular weight excluding hydrogens is 208 g/mol. The fourth-order valence-electron chi connectivity index (χ4n) is 2.02. The summed E-state index contributed by atoms with van der Waals surface area (Å²) in [5.41, 5.74) is 1.93. The number of aryl methyl sites for hydroxylation is 1. The Hall–Kier alpha value is -1.46. The van der Waals surface area contributed by atoms with E-state index in [2.05, 4.69) is 0 Å². The third kappa shape index (κ3) is 1.79. The Morgan fingerprint density at radius 3 is 2.69 bits per heavy atom. The van der Waals surface area contributed by atoms with Crippen molar-refractivity contribution in [3.8, 4) is 0 Å². The summed E-state index contributed by atoms with van der Waals surface area (Å²) in [6.45, 7) is 2.23. The molecule has 1 aliphatic rings. The van der Waals surface area contributed by atoms with Gasteiger partial charge in [-0.3, -0.25) is 10.1 Å². The lowest BCUT2D eigenvalue weighted by Crippen LogP contribution is -2.18. The molecule has 5 heteroatoms. The van der Waals surface area contributed by atoms with Gasteiger partial charge in [0.1, 0.15) is 0 Å². The highest BCUT2D eigenvalue weighted by molar-refractivity contribution is 5.45. The first kappa shape index (κ1) is 11.0. The van der Waals surface area contributed by atoms with Crippen LogP contribution < -0.4 is 5.90 Å². The van der Waals surface area contributed by atoms with Gasteiger partial charge in [0.25, 0.3) is 5.69 Å². The lowest BCUT2D eigenvalue weighted by molar-refractivity contribution is -0.385. The van der Waals surface area contributed by atoms with Gasteiger partial charge in [0.15, 0.2) is 0 Å². The van der Waals surface area contributed by atoms with E-state index in [4.69, 9.17) is 10.7 Å². The van der Waals surface area contributed by atoms with Crippen LogP contribution in [0.15, 0.2) is 18.2 Å². The molecule has 0 heterocycles. The standard InChI is InChI=1S/C11H14N2O3/c1-8-6-9(2-3-10(8)13(14)15)11(4-5-11)7-16-12/h2-3,6H,4-5,7,12H2,1H3. The quantitative estimate of drug-likeness (QED) is 0.622. The molecule has 1 aliphatic carbocycles. The average Bonchev–Trinajstić information content (AvgIpc) is 2.99. The van der Waals surface area contributed by atoms with Crippen molar-refractivity contribution in [3.63, 3.8) is 0 Å².